The van der Waals surface area contributed by atoms with Crippen molar-refractivity contribution in [2.75, 3.05) is 6.61 Å². The van der Waals surface area contributed by atoms with E-state index in [1.165, 1.54) is 44.9 Å². The van der Waals surface area contributed by atoms with Gasteiger partial charge in [-0.15, -0.1) is 0 Å². The number of ether oxygens (including phenoxy) is 1. The van der Waals surface area contributed by atoms with Crippen molar-refractivity contribution in [1.29, 1.82) is 5.26 Å². The van der Waals surface area contributed by atoms with Gasteiger partial charge in [-0.3, -0.25) is 0 Å². The second-order valence-corrected chi connectivity index (χ2v) is 7.12. The first-order valence-electron chi connectivity index (χ1n) is 8.74. The number of hydrogen-bond donors (Lipinski definition) is 0. The number of rotatable bonds is 5. The Labute approximate surface area is 135 Å². The maximum Gasteiger partial charge on any atom is 0.0655 e. The molecule has 4 heteroatoms. The van der Waals surface area contributed by atoms with Crippen LogP contribution >= 0.6 is 0 Å². The van der Waals surface area contributed by atoms with Crippen LogP contribution in [0.4, 0.5) is 0 Å². The third-order valence-corrected chi connectivity index (χ3v) is 5.65. The normalized spacial score (nSPS) is 33.0. The number of nitrogens with zero attached hydrogens (tertiary/aromatic N) is 1. The van der Waals surface area contributed by atoms with Gasteiger partial charge in [-0.1, -0.05) is 20.3 Å². The van der Waals surface area contributed by atoms with Crippen molar-refractivity contribution in [3.8, 4) is 6.07 Å². The van der Waals surface area contributed by atoms with Crippen LogP contribution in [-0.2, 0) is 4.74 Å². The van der Waals surface area contributed by atoms with E-state index in [1.54, 1.807) is 0 Å². The zero-order valence-corrected chi connectivity index (χ0v) is 14.3. The topological polar surface area (TPSA) is 96.0 Å². The third-order valence-electron chi connectivity index (χ3n) is 5.65. The summed E-state index contributed by atoms with van der Waals surface area (Å²) in [6.07, 6.45) is 11.9. The van der Waals surface area contributed by atoms with Crippen LogP contribution in [-0.4, -0.2) is 23.7 Å². The molecule has 2 aliphatic carbocycles. The average Bonchev–Trinajstić information content (AvgIpc) is 2.53. The van der Waals surface area contributed by atoms with E-state index in [0.29, 0.717) is 17.9 Å². The van der Waals surface area contributed by atoms with E-state index >= 15 is 0 Å². The molecule has 130 valence electrons. The average molecular weight is 313 g/mol. The molecule has 0 spiro atoms. The Bertz CT molecular complexity index is 313. The summed E-state index contributed by atoms with van der Waals surface area (Å²) in [5.74, 6) is 2.86. The first-order chi connectivity index (χ1) is 9.72. The highest BCUT2D eigenvalue weighted by atomic mass is 16.5. The molecule has 0 radical (unpaired) electrons. The van der Waals surface area contributed by atoms with Gasteiger partial charge in [-0.25, -0.2) is 0 Å². The van der Waals surface area contributed by atoms with Gasteiger partial charge in [0.2, 0.25) is 0 Å². The van der Waals surface area contributed by atoms with Crippen molar-refractivity contribution in [2.24, 2.45) is 23.7 Å². The molecule has 2 fully saturated rings. The molecule has 2 saturated carbocycles. The van der Waals surface area contributed by atoms with Crippen molar-refractivity contribution < 1.29 is 15.7 Å². The van der Waals surface area contributed by atoms with Gasteiger partial charge in [0.15, 0.2) is 0 Å². The fraction of sp³-hybridized carbons (Fsp3) is 0.944. The van der Waals surface area contributed by atoms with Crippen LogP contribution in [0.1, 0.15) is 71.6 Å². The van der Waals surface area contributed by atoms with Gasteiger partial charge in [0.25, 0.3) is 0 Å². The predicted molar refractivity (Wildman–Crippen MR) is 89.4 cm³/mol. The minimum absolute atomic E-state index is 0. The van der Waals surface area contributed by atoms with Crippen LogP contribution in [0, 0.1) is 35.0 Å². The lowest BCUT2D eigenvalue weighted by atomic mass is 9.71. The molecule has 0 heterocycles. The smallest absolute Gasteiger partial charge is 0.0655 e. The molecule has 1 atom stereocenters. The molecule has 0 saturated heterocycles. The summed E-state index contributed by atoms with van der Waals surface area (Å²) < 4.78 is 6.06. The summed E-state index contributed by atoms with van der Waals surface area (Å²) in [7, 11) is 0. The Morgan fingerprint density at radius 1 is 0.955 bits per heavy atom. The second kappa shape index (κ2) is 11.0. The minimum atomic E-state index is 0. The Balaban J connectivity index is 0.00000220. The molecular formula is C18H35NO3. The summed E-state index contributed by atoms with van der Waals surface area (Å²) in [6.45, 7) is 5.46. The van der Waals surface area contributed by atoms with E-state index in [0.717, 1.165) is 31.3 Å². The highest BCUT2D eigenvalue weighted by Crippen LogP contribution is 2.40. The van der Waals surface area contributed by atoms with Crippen molar-refractivity contribution in [2.45, 2.75) is 77.7 Å². The maximum absolute atomic E-state index is 8.98. The molecule has 2 rings (SSSR count). The largest absolute Gasteiger partial charge is 0.412 e. The van der Waals surface area contributed by atoms with E-state index in [2.05, 4.69) is 19.9 Å². The third kappa shape index (κ3) is 6.24. The summed E-state index contributed by atoms with van der Waals surface area (Å²) in [5.41, 5.74) is 0. The van der Waals surface area contributed by atoms with Crippen LogP contribution in [0.3, 0.4) is 0 Å². The Hall–Kier alpha value is -0.630. The fourth-order valence-electron chi connectivity index (χ4n) is 3.86. The summed E-state index contributed by atoms with van der Waals surface area (Å²) in [4.78, 5) is 0. The quantitative estimate of drug-likeness (QED) is 0.778. The summed E-state index contributed by atoms with van der Waals surface area (Å²) >= 11 is 0. The number of nitriles is 1. The fourth-order valence-corrected chi connectivity index (χ4v) is 3.86. The molecule has 0 amide bonds. The predicted octanol–water partition coefficient (Wildman–Crippen LogP) is 3.29. The standard InChI is InChI=1S/C18H31NO.2H2O/c1-3-14(2)13-20-18-10-8-17(9-11-18)16-6-4-15(12-19)5-7-16;;/h14-18H,3-11,13H2,1-2H3;2*1H2. The Morgan fingerprint density at radius 2 is 1.45 bits per heavy atom. The van der Waals surface area contributed by atoms with Crippen molar-refractivity contribution in [3.05, 3.63) is 0 Å². The van der Waals surface area contributed by atoms with Crippen LogP contribution in [0.25, 0.3) is 0 Å². The van der Waals surface area contributed by atoms with E-state index in [9.17, 15) is 0 Å². The lowest BCUT2D eigenvalue weighted by Gasteiger charge is -2.36. The first kappa shape index (κ1) is 21.4. The molecule has 22 heavy (non-hydrogen) atoms. The van der Waals surface area contributed by atoms with Gasteiger partial charge in [-0.05, 0) is 69.1 Å². The maximum atomic E-state index is 8.98. The molecule has 0 aromatic rings. The number of hydrogen-bond acceptors (Lipinski definition) is 2. The lowest BCUT2D eigenvalue weighted by Crippen LogP contribution is -2.29. The molecule has 4 N–H and O–H groups in total. The second-order valence-electron chi connectivity index (χ2n) is 7.12. The highest BCUT2D eigenvalue weighted by molar-refractivity contribution is 4.89. The Kier molecular flexibility index (Phi) is 10.7. The van der Waals surface area contributed by atoms with Crippen LogP contribution < -0.4 is 0 Å². The van der Waals surface area contributed by atoms with Crippen LogP contribution in [0.15, 0.2) is 0 Å². The molecule has 0 aromatic heterocycles. The lowest BCUT2D eigenvalue weighted by molar-refractivity contribution is -0.00695. The van der Waals surface area contributed by atoms with Crippen molar-refractivity contribution in [3.63, 3.8) is 0 Å². The molecule has 0 bridgehead atoms. The zero-order chi connectivity index (χ0) is 14.4. The Morgan fingerprint density at radius 3 is 1.91 bits per heavy atom. The van der Waals surface area contributed by atoms with Gasteiger partial charge in [0.1, 0.15) is 0 Å². The van der Waals surface area contributed by atoms with Gasteiger partial charge < -0.3 is 15.7 Å². The molecular weight excluding hydrogens is 278 g/mol. The van der Waals surface area contributed by atoms with Gasteiger partial charge in [0.05, 0.1) is 12.2 Å². The minimum Gasteiger partial charge on any atom is -0.412 e. The molecule has 4 nitrogen and oxygen atoms in total. The SMILES string of the molecule is CCC(C)COC1CCC(C2CCC(C#N)CC2)CC1.O.O. The summed E-state index contributed by atoms with van der Waals surface area (Å²) in [6, 6.07) is 2.45. The van der Waals surface area contributed by atoms with Crippen molar-refractivity contribution in [1.82, 2.24) is 0 Å². The van der Waals surface area contributed by atoms with E-state index in [1.807, 2.05) is 0 Å². The van der Waals surface area contributed by atoms with E-state index in [4.69, 9.17) is 10.00 Å². The van der Waals surface area contributed by atoms with E-state index < -0.39 is 0 Å². The molecule has 0 aromatic carbocycles. The van der Waals surface area contributed by atoms with Gasteiger partial charge in [-0.2, -0.15) is 5.26 Å². The van der Waals surface area contributed by atoms with Crippen LogP contribution in [0.5, 0.6) is 0 Å². The monoisotopic (exact) mass is 313 g/mol. The highest BCUT2D eigenvalue weighted by Gasteiger charge is 2.31. The molecule has 1 unspecified atom stereocenters. The molecule has 2 aliphatic rings. The van der Waals surface area contributed by atoms with Gasteiger partial charge >= 0.3 is 0 Å². The van der Waals surface area contributed by atoms with Crippen LogP contribution in [0.2, 0.25) is 0 Å². The van der Waals surface area contributed by atoms with Gasteiger partial charge in [0, 0.05) is 12.5 Å². The zero-order valence-electron chi connectivity index (χ0n) is 14.3. The first-order valence-corrected chi connectivity index (χ1v) is 8.74. The summed E-state index contributed by atoms with van der Waals surface area (Å²) in [5, 5.41) is 8.98. The van der Waals surface area contributed by atoms with E-state index in [-0.39, 0.29) is 11.0 Å². The van der Waals surface area contributed by atoms with Crippen molar-refractivity contribution >= 4 is 0 Å². The molecule has 0 aliphatic heterocycles.